The van der Waals surface area contributed by atoms with Crippen LogP contribution in [-0.4, -0.2) is 45.7 Å². The van der Waals surface area contributed by atoms with Gasteiger partial charge in [0.05, 0.1) is 27.5 Å². The molecule has 3 aromatic rings. The highest BCUT2D eigenvalue weighted by molar-refractivity contribution is 7.91. The fourth-order valence-electron chi connectivity index (χ4n) is 4.04. The van der Waals surface area contributed by atoms with Crippen molar-refractivity contribution < 1.29 is 22.5 Å². The normalized spacial score (nSPS) is 17.8. The quantitative estimate of drug-likeness (QED) is 0.506. The van der Waals surface area contributed by atoms with Gasteiger partial charge in [0, 0.05) is 40.8 Å². The number of carbonyl (C=O) groups is 1. The maximum absolute atomic E-state index is 14.0. The van der Waals surface area contributed by atoms with E-state index in [1.807, 2.05) is 12.1 Å². The van der Waals surface area contributed by atoms with Gasteiger partial charge in [0.15, 0.2) is 0 Å². The molecule has 0 bridgehead atoms. The molecule has 6 nitrogen and oxygen atoms in total. The Balaban J connectivity index is 1.98. The molecule has 33 heavy (non-hydrogen) atoms. The lowest BCUT2D eigenvalue weighted by molar-refractivity contribution is 0.0257. The van der Waals surface area contributed by atoms with Crippen molar-refractivity contribution >= 4 is 32.4 Å². The van der Waals surface area contributed by atoms with Crippen LogP contribution in [0.5, 0.6) is 0 Å². The van der Waals surface area contributed by atoms with Crippen molar-refractivity contribution in [2.75, 3.05) is 24.2 Å². The molecule has 1 atom stereocenters. The van der Waals surface area contributed by atoms with Gasteiger partial charge in [-0.2, -0.15) is 0 Å². The van der Waals surface area contributed by atoms with Crippen molar-refractivity contribution in [3.8, 4) is 11.3 Å². The number of halogens is 2. The number of nitrogens with zero attached hydrogens (tertiary/aromatic N) is 2. The van der Waals surface area contributed by atoms with E-state index in [2.05, 4.69) is 0 Å². The van der Waals surface area contributed by atoms with Crippen molar-refractivity contribution in [1.29, 1.82) is 4.78 Å². The maximum atomic E-state index is 14.0. The summed E-state index contributed by atoms with van der Waals surface area (Å²) in [5, 5.41) is 0.768. The molecule has 1 aliphatic heterocycles. The lowest BCUT2D eigenvalue weighted by atomic mass is 10.1. The third-order valence-electron chi connectivity index (χ3n) is 5.49. The van der Waals surface area contributed by atoms with Crippen LogP contribution in [0.15, 0.2) is 53.4 Å². The molecule has 4 rings (SSSR count). The lowest BCUT2D eigenvalue weighted by Crippen LogP contribution is -2.28. The number of para-hydroxylation sites is 1. The molecule has 2 heterocycles. The minimum absolute atomic E-state index is 0.147. The van der Waals surface area contributed by atoms with E-state index in [0.29, 0.717) is 22.5 Å². The molecule has 1 aliphatic rings. The Morgan fingerprint density at radius 3 is 2.45 bits per heavy atom. The van der Waals surface area contributed by atoms with E-state index in [-0.39, 0.29) is 17.9 Å². The molecule has 1 aromatic heterocycles. The first kappa shape index (κ1) is 23.2. The molecule has 0 spiro atoms. The van der Waals surface area contributed by atoms with E-state index in [0.717, 1.165) is 5.39 Å². The van der Waals surface area contributed by atoms with Crippen LogP contribution in [0.25, 0.3) is 22.2 Å². The van der Waals surface area contributed by atoms with Crippen molar-refractivity contribution in [2.24, 2.45) is 0 Å². The third kappa shape index (κ3) is 4.73. The SMILES string of the molecule is CC(C)(C)OC(=O)n1c(-c2cc([S@@](C)(=N)=O)ccc2N2CCC(F)(F)C2)cc2ccccc21. The molecule has 0 unspecified atom stereocenters. The van der Waals surface area contributed by atoms with Crippen LogP contribution >= 0.6 is 0 Å². The summed E-state index contributed by atoms with van der Waals surface area (Å²) in [5.41, 5.74) is 1.23. The summed E-state index contributed by atoms with van der Waals surface area (Å²) in [6.45, 7) is 4.99. The molecular weight excluding hydrogens is 448 g/mol. The second-order valence-electron chi connectivity index (χ2n) is 9.45. The molecule has 0 radical (unpaired) electrons. The average Bonchev–Trinajstić information content (AvgIpc) is 3.25. The van der Waals surface area contributed by atoms with Crippen LogP contribution in [0.4, 0.5) is 19.3 Å². The van der Waals surface area contributed by atoms with Gasteiger partial charge in [0.1, 0.15) is 5.60 Å². The molecule has 1 saturated heterocycles. The second-order valence-corrected chi connectivity index (χ2v) is 11.6. The zero-order valence-corrected chi connectivity index (χ0v) is 19.8. The van der Waals surface area contributed by atoms with Crippen LogP contribution in [-0.2, 0) is 14.5 Å². The Bertz CT molecular complexity index is 1340. The average molecular weight is 476 g/mol. The Kier molecular flexibility index (Phi) is 5.51. The number of alkyl halides is 2. The largest absolute Gasteiger partial charge is 0.443 e. The number of hydrogen-bond donors (Lipinski definition) is 1. The number of ether oxygens (including phenoxy) is 1. The number of benzene rings is 2. The van der Waals surface area contributed by atoms with Crippen molar-refractivity contribution in [3.05, 3.63) is 48.5 Å². The van der Waals surface area contributed by atoms with Gasteiger partial charge in [0.25, 0.3) is 5.92 Å². The van der Waals surface area contributed by atoms with Gasteiger partial charge in [-0.3, -0.25) is 0 Å². The number of rotatable bonds is 3. The fourth-order valence-corrected chi connectivity index (χ4v) is 4.71. The summed E-state index contributed by atoms with van der Waals surface area (Å²) in [6, 6.07) is 13.8. The smallest absolute Gasteiger partial charge is 0.419 e. The Morgan fingerprint density at radius 2 is 1.85 bits per heavy atom. The lowest BCUT2D eigenvalue weighted by Gasteiger charge is -2.24. The molecule has 0 aliphatic carbocycles. The molecular formula is C24H27F2N3O3S. The van der Waals surface area contributed by atoms with Crippen molar-refractivity contribution in [2.45, 2.75) is 43.6 Å². The zero-order valence-electron chi connectivity index (χ0n) is 19.0. The predicted octanol–water partition coefficient (Wildman–Crippen LogP) is 5.97. The maximum Gasteiger partial charge on any atom is 0.419 e. The van der Waals surface area contributed by atoms with Crippen LogP contribution in [0.3, 0.4) is 0 Å². The highest BCUT2D eigenvalue weighted by Crippen LogP contribution is 2.40. The summed E-state index contributed by atoms with van der Waals surface area (Å²) in [6.07, 6.45) is 0.427. The first-order valence-electron chi connectivity index (χ1n) is 10.6. The van der Waals surface area contributed by atoms with E-state index in [9.17, 15) is 17.8 Å². The van der Waals surface area contributed by atoms with Crippen molar-refractivity contribution in [3.63, 3.8) is 0 Å². The monoisotopic (exact) mass is 475 g/mol. The van der Waals surface area contributed by atoms with Crippen LogP contribution in [0.2, 0.25) is 0 Å². The number of carbonyl (C=O) groups excluding carboxylic acids is 1. The van der Waals surface area contributed by atoms with Crippen LogP contribution < -0.4 is 4.90 Å². The molecule has 2 aromatic carbocycles. The topological polar surface area (TPSA) is 75.4 Å². The minimum Gasteiger partial charge on any atom is -0.443 e. The van der Waals surface area contributed by atoms with Gasteiger partial charge < -0.3 is 9.64 Å². The van der Waals surface area contributed by atoms with Crippen LogP contribution in [0.1, 0.15) is 27.2 Å². The van der Waals surface area contributed by atoms with E-state index >= 15 is 0 Å². The van der Waals surface area contributed by atoms with E-state index in [1.165, 1.54) is 16.9 Å². The molecule has 1 N–H and O–H groups in total. The number of hydrogen-bond acceptors (Lipinski definition) is 5. The van der Waals surface area contributed by atoms with Crippen molar-refractivity contribution in [1.82, 2.24) is 4.57 Å². The fraction of sp³-hybridized carbons (Fsp3) is 0.375. The molecule has 1 fully saturated rings. The molecule has 0 amide bonds. The summed E-state index contributed by atoms with van der Waals surface area (Å²) in [5.74, 6) is -2.82. The molecule has 176 valence electrons. The highest BCUT2D eigenvalue weighted by atomic mass is 32.2. The first-order valence-corrected chi connectivity index (χ1v) is 12.6. The van der Waals surface area contributed by atoms with Crippen LogP contribution in [0, 0.1) is 4.78 Å². The Labute approximate surface area is 192 Å². The number of fused-ring (bicyclic) bond motifs is 1. The summed E-state index contributed by atoms with van der Waals surface area (Å²) in [7, 11) is -3.08. The first-order chi connectivity index (χ1) is 15.3. The van der Waals surface area contributed by atoms with Gasteiger partial charge in [-0.25, -0.2) is 27.1 Å². The van der Waals surface area contributed by atoms with Gasteiger partial charge in [-0.1, -0.05) is 18.2 Å². The van der Waals surface area contributed by atoms with E-state index < -0.39 is 33.9 Å². The van der Waals surface area contributed by atoms with Gasteiger partial charge in [0.2, 0.25) is 0 Å². The molecule has 9 heteroatoms. The molecule has 0 saturated carbocycles. The highest BCUT2D eigenvalue weighted by Gasteiger charge is 2.39. The standard InChI is InChI=1S/C24H27F2N3O3S/c1-23(2,3)32-22(30)29-19-8-6-5-7-16(19)13-21(29)18-14-17(33(4,27)31)9-10-20(18)28-12-11-24(25,26)15-28/h5-10,13-14,27H,11-12,15H2,1-4H3/t33-/m0/s1. The summed E-state index contributed by atoms with van der Waals surface area (Å²) in [4.78, 5) is 15.1. The summed E-state index contributed by atoms with van der Waals surface area (Å²) >= 11 is 0. The number of aromatic nitrogens is 1. The summed E-state index contributed by atoms with van der Waals surface area (Å²) < 4.78 is 55.7. The number of anilines is 1. The van der Waals surface area contributed by atoms with E-state index in [1.54, 1.807) is 56.0 Å². The van der Waals surface area contributed by atoms with E-state index in [4.69, 9.17) is 9.52 Å². The predicted molar refractivity (Wildman–Crippen MR) is 126 cm³/mol. The van der Waals surface area contributed by atoms with Gasteiger partial charge in [-0.05, 0) is 51.1 Å². The zero-order chi connectivity index (χ0) is 24.2. The Hall–Kier alpha value is -2.94. The van der Waals surface area contributed by atoms with Gasteiger partial charge in [-0.15, -0.1) is 0 Å². The Morgan fingerprint density at radius 1 is 1.15 bits per heavy atom. The minimum atomic E-state index is -3.08. The van der Waals surface area contributed by atoms with Gasteiger partial charge >= 0.3 is 6.09 Å². The number of nitrogens with one attached hydrogen (secondary N) is 1. The second kappa shape index (κ2) is 7.83. The third-order valence-corrected chi connectivity index (χ3v) is 6.64.